The van der Waals surface area contributed by atoms with Gasteiger partial charge in [0.2, 0.25) is 5.91 Å². The number of rotatable bonds is 20. The van der Waals surface area contributed by atoms with Gasteiger partial charge in [0.15, 0.2) is 12.5 Å². The van der Waals surface area contributed by atoms with Crippen LogP contribution in [0.15, 0.2) is 0 Å². The number of hydrogen-bond donors (Lipinski definition) is 4. The lowest BCUT2D eigenvalue weighted by Gasteiger charge is -2.35. The highest BCUT2D eigenvalue weighted by atomic mass is 16.4. The van der Waals surface area contributed by atoms with E-state index in [1.54, 1.807) is 0 Å². The molecule has 0 aliphatic rings. The maximum atomic E-state index is 12.4. The maximum absolute atomic E-state index is 12.4. The van der Waals surface area contributed by atoms with Gasteiger partial charge < -0.3 is 20.4 Å². The van der Waals surface area contributed by atoms with E-state index in [0.717, 1.165) is 17.7 Å². The highest BCUT2D eigenvalue weighted by Gasteiger charge is 2.33. The summed E-state index contributed by atoms with van der Waals surface area (Å²) in [5.74, 6) is -0.452. The van der Waals surface area contributed by atoms with E-state index >= 15 is 0 Å². The molecule has 0 bridgehead atoms. The molecule has 0 rings (SSSR count). The fourth-order valence-electron chi connectivity index (χ4n) is 3.69. The van der Waals surface area contributed by atoms with Crippen LogP contribution in [0.1, 0.15) is 124 Å². The molecule has 0 spiro atoms. The monoisotopic (exact) mass is 431 g/mol. The first-order valence-corrected chi connectivity index (χ1v) is 12.4. The van der Waals surface area contributed by atoms with Gasteiger partial charge in [0.25, 0.3) is 0 Å². The van der Waals surface area contributed by atoms with E-state index in [0.29, 0.717) is 6.42 Å². The van der Waals surface area contributed by atoms with Crippen LogP contribution in [-0.4, -0.2) is 55.9 Å². The van der Waals surface area contributed by atoms with Gasteiger partial charge in [-0.2, -0.15) is 0 Å². The van der Waals surface area contributed by atoms with Gasteiger partial charge in [-0.05, 0) is 20.3 Å². The minimum absolute atomic E-state index is 0.186. The Kier molecular flexibility index (Phi) is 18.6. The second-order valence-corrected chi connectivity index (χ2v) is 8.81. The molecular formula is C24H49NO5. The molecule has 0 aromatic rings. The van der Waals surface area contributed by atoms with Crippen molar-refractivity contribution >= 4 is 5.91 Å². The molecule has 180 valence electrons. The summed E-state index contributed by atoms with van der Waals surface area (Å²) in [6.07, 6.45) is 13.3. The number of aliphatic hydroxyl groups is 4. The van der Waals surface area contributed by atoms with Crippen LogP contribution in [0.5, 0.6) is 0 Å². The minimum atomic E-state index is -1.53. The van der Waals surface area contributed by atoms with E-state index in [2.05, 4.69) is 6.92 Å². The Hall–Kier alpha value is -0.690. The van der Waals surface area contributed by atoms with E-state index < -0.39 is 30.6 Å². The topological polar surface area (TPSA) is 101 Å². The van der Waals surface area contributed by atoms with Gasteiger partial charge in [-0.1, -0.05) is 96.8 Å². The summed E-state index contributed by atoms with van der Waals surface area (Å²) in [6, 6.07) is 0. The van der Waals surface area contributed by atoms with Crippen LogP contribution in [0, 0.1) is 0 Å². The predicted octanol–water partition coefficient (Wildman–Crippen LogP) is 4.47. The third kappa shape index (κ3) is 14.3. The molecule has 4 unspecified atom stereocenters. The smallest absolute Gasteiger partial charge is 0.226 e. The van der Waals surface area contributed by atoms with Gasteiger partial charge in [0.05, 0.1) is 12.2 Å². The Bertz CT molecular complexity index is 389. The number of amides is 1. The van der Waals surface area contributed by atoms with Gasteiger partial charge in [-0.15, -0.1) is 0 Å². The van der Waals surface area contributed by atoms with Crippen LogP contribution in [0.25, 0.3) is 0 Å². The van der Waals surface area contributed by atoms with Crippen molar-refractivity contribution in [1.82, 2.24) is 4.90 Å². The van der Waals surface area contributed by atoms with Crippen molar-refractivity contribution in [3.05, 3.63) is 0 Å². The van der Waals surface area contributed by atoms with Crippen LogP contribution in [0.2, 0.25) is 0 Å². The van der Waals surface area contributed by atoms with Crippen LogP contribution < -0.4 is 0 Å². The number of nitrogens with zero attached hydrogens (tertiary/aromatic N) is 1. The van der Waals surface area contributed by atoms with Crippen molar-refractivity contribution in [1.29, 1.82) is 0 Å². The Morgan fingerprint density at radius 3 is 1.20 bits per heavy atom. The lowest BCUT2D eigenvalue weighted by atomic mass is 10.0. The van der Waals surface area contributed by atoms with E-state index in [1.165, 1.54) is 90.9 Å². The van der Waals surface area contributed by atoms with E-state index in [4.69, 9.17) is 0 Å². The Morgan fingerprint density at radius 1 is 0.600 bits per heavy atom. The van der Waals surface area contributed by atoms with Crippen molar-refractivity contribution in [2.24, 2.45) is 0 Å². The predicted molar refractivity (Wildman–Crippen MR) is 122 cm³/mol. The third-order valence-electron chi connectivity index (χ3n) is 5.72. The van der Waals surface area contributed by atoms with E-state index in [-0.39, 0.29) is 6.42 Å². The van der Waals surface area contributed by atoms with Crippen molar-refractivity contribution < 1.29 is 25.2 Å². The molecular weight excluding hydrogens is 382 g/mol. The summed E-state index contributed by atoms with van der Waals surface area (Å²) in [5.41, 5.74) is 0. The molecule has 0 aromatic heterocycles. The van der Waals surface area contributed by atoms with Crippen LogP contribution in [-0.2, 0) is 4.79 Å². The summed E-state index contributed by atoms with van der Waals surface area (Å²) in [4.78, 5) is 13.1. The van der Waals surface area contributed by atoms with Gasteiger partial charge in [-0.3, -0.25) is 9.69 Å². The van der Waals surface area contributed by atoms with Crippen molar-refractivity contribution in [2.45, 2.75) is 148 Å². The van der Waals surface area contributed by atoms with Crippen LogP contribution in [0.3, 0.4) is 0 Å². The fourth-order valence-corrected chi connectivity index (χ4v) is 3.69. The quantitative estimate of drug-likeness (QED) is 0.168. The average Bonchev–Trinajstić information content (AvgIpc) is 2.70. The standard InChI is InChI=1S/C24H49NO5/c1-4-5-6-7-8-9-10-11-12-13-14-15-16-17-18-19-22(28)25(23(29)20(2)26)24(30)21(3)27/h20-21,23-24,26-27,29-30H,4-19H2,1-3H3. The highest BCUT2D eigenvalue weighted by Crippen LogP contribution is 2.16. The zero-order valence-corrected chi connectivity index (χ0v) is 19.8. The fraction of sp³-hybridized carbons (Fsp3) is 0.958. The zero-order valence-electron chi connectivity index (χ0n) is 19.8. The molecule has 0 aliphatic carbocycles. The maximum Gasteiger partial charge on any atom is 0.226 e. The SMILES string of the molecule is CCCCCCCCCCCCCCCCCC(=O)N(C(O)C(C)O)C(O)C(C)O. The Morgan fingerprint density at radius 2 is 0.900 bits per heavy atom. The number of carbonyl (C=O) groups excluding carboxylic acids is 1. The summed E-state index contributed by atoms with van der Waals surface area (Å²) in [6.45, 7) is 4.93. The van der Waals surface area contributed by atoms with Crippen molar-refractivity contribution in [3.8, 4) is 0 Å². The number of aliphatic hydroxyl groups excluding tert-OH is 4. The van der Waals surface area contributed by atoms with E-state index in [9.17, 15) is 25.2 Å². The highest BCUT2D eigenvalue weighted by molar-refractivity contribution is 5.76. The first kappa shape index (κ1) is 29.3. The van der Waals surface area contributed by atoms with Gasteiger partial charge in [0.1, 0.15) is 0 Å². The van der Waals surface area contributed by atoms with Crippen LogP contribution >= 0.6 is 0 Å². The van der Waals surface area contributed by atoms with Gasteiger partial charge in [-0.25, -0.2) is 0 Å². The van der Waals surface area contributed by atoms with Crippen LogP contribution in [0.4, 0.5) is 0 Å². The molecule has 4 N–H and O–H groups in total. The molecule has 0 aliphatic heterocycles. The third-order valence-corrected chi connectivity index (χ3v) is 5.72. The van der Waals surface area contributed by atoms with Gasteiger partial charge in [0, 0.05) is 6.42 Å². The summed E-state index contributed by atoms with van der Waals surface area (Å²) in [7, 11) is 0. The molecule has 0 saturated heterocycles. The first-order valence-electron chi connectivity index (χ1n) is 12.4. The Balaban J connectivity index is 3.73. The number of carbonyl (C=O) groups is 1. The summed E-state index contributed by atoms with van der Waals surface area (Å²) in [5, 5.41) is 39.0. The Labute approximate surface area is 184 Å². The number of hydrogen-bond acceptors (Lipinski definition) is 5. The van der Waals surface area contributed by atoms with Gasteiger partial charge >= 0.3 is 0 Å². The second-order valence-electron chi connectivity index (χ2n) is 8.81. The molecule has 6 heteroatoms. The largest absolute Gasteiger partial charge is 0.389 e. The molecule has 30 heavy (non-hydrogen) atoms. The molecule has 0 radical (unpaired) electrons. The molecule has 4 atom stereocenters. The normalized spacial score (nSPS) is 15.6. The molecule has 1 amide bonds. The van der Waals surface area contributed by atoms with E-state index in [1.807, 2.05) is 0 Å². The second kappa shape index (κ2) is 19.0. The lowest BCUT2D eigenvalue weighted by Crippen LogP contribution is -2.55. The molecule has 0 heterocycles. The zero-order chi connectivity index (χ0) is 22.8. The summed E-state index contributed by atoms with van der Waals surface area (Å²) < 4.78 is 0. The van der Waals surface area contributed by atoms with Crippen molar-refractivity contribution in [3.63, 3.8) is 0 Å². The number of unbranched alkanes of at least 4 members (excludes halogenated alkanes) is 14. The minimum Gasteiger partial charge on any atom is -0.389 e. The first-order chi connectivity index (χ1) is 14.3. The average molecular weight is 432 g/mol. The molecule has 0 fully saturated rings. The molecule has 0 saturated carbocycles. The molecule has 0 aromatic carbocycles. The summed E-state index contributed by atoms with van der Waals surface area (Å²) >= 11 is 0. The van der Waals surface area contributed by atoms with Crippen molar-refractivity contribution in [2.75, 3.05) is 0 Å². The lowest BCUT2D eigenvalue weighted by molar-refractivity contribution is -0.187. The molecule has 6 nitrogen and oxygen atoms in total.